The van der Waals surface area contributed by atoms with Gasteiger partial charge < -0.3 is 9.88 Å². The zero-order valence-corrected chi connectivity index (χ0v) is 32.8. The molecule has 0 atom stereocenters. The molecule has 0 aromatic carbocycles. The number of anilines is 1. The lowest BCUT2D eigenvalue weighted by molar-refractivity contribution is -0.384. The first-order chi connectivity index (χ1) is 25.2. The molecule has 51 heavy (non-hydrogen) atoms. The number of unbranched alkanes of at least 4 members (excludes halogenated alkanes) is 26. The van der Waals surface area contributed by atoms with Crippen molar-refractivity contribution in [1.82, 2.24) is 19.5 Å². The average Bonchev–Trinajstić information content (AvgIpc) is 3.56. The minimum atomic E-state index is -0.388. The number of fused-ring (bicyclic) bond motifs is 1. The molecule has 1 N–H and O–H groups in total. The Balaban J connectivity index is 0.000000354. The van der Waals surface area contributed by atoms with Crippen molar-refractivity contribution in [1.29, 1.82) is 0 Å². The molecule has 3 aromatic heterocycles. The highest BCUT2D eigenvalue weighted by Gasteiger charge is 2.12. The highest BCUT2D eigenvalue weighted by molar-refractivity contribution is 5.73. The van der Waals surface area contributed by atoms with E-state index in [2.05, 4.69) is 44.7 Å². The van der Waals surface area contributed by atoms with Crippen LogP contribution in [0.5, 0.6) is 0 Å². The third-order valence-electron chi connectivity index (χ3n) is 10.0. The fourth-order valence-electron chi connectivity index (χ4n) is 6.79. The van der Waals surface area contributed by atoms with E-state index in [0.717, 1.165) is 25.0 Å². The molecule has 8 nitrogen and oxygen atoms in total. The zero-order chi connectivity index (χ0) is 36.5. The fraction of sp³-hybridized carbons (Fsp3) is 0.744. The molecule has 0 spiro atoms. The summed E-state index contributed by atoms with van der Waals surface area (Å²) in [5.41, 5.74) is 2.84. The first kappa shape index (κ1) is 44.1. The van der Waals surface area contributed by atoms with Crippen LogP contribution in [0.3, 0.4) is 0 Å². The van der Waals surface area contributed by atoms with Crippen molar-refractivity contribution in [2.75, 3.05) is 11.9 Å². The van der Waals surface area contributed by atoms with E-state index in [0.29, 0.717) is 5.69 Å². The SMILES string of the molecule is CCCCCCCCCCCCCCCCNc1ccncc1[N+](=O)[O-].CCCCCCCCCCCCCCCCn1cnc2cnccc21. The molecule has 0 aliphatic rings. The van der Waals surface area contributed by atoms with Gasteiger partial charge in [0.2, 0.25) is 0 Å². The second-order valence-corrected chi connectivity index (χ2v) is 14.6. The van der Waals surface area contributed by atoms with Gasteiger partial charge in [-0.3, -0.25) is 20.1 Å². The highest BCUT2D eigenvalue weighted by Crippen LogP contribution is 2.22. The Morgan fingerprint density at radius 2 is 1.02 bits per heavy atom. The number of rotatable bonds is 32. The van der Waals surface area contributed by atoms with E-state index in [9.17, 15) is 10.1 Å². The number of hydrogen-bond donors (Lipinski definition) is 1. The summed E-state index contributed by atoms with van der Waals surface area (Å²) in [4.78, 5) is 22.9. The van der Waals surface area contributed by atoms with Crippen LogP contribution in [0.2, 0.25) is 0 Å². The first-order valence-electron chi connectivity index (χ1n) is 21.2. The molecule has 288 valence electrons. The monoisotopic (exact) mass is 707 g/mol. The molecule has 0 amide bonds. The highest BCUT2D eigenvalue weighted by atomic mass is 16.6. The Hall–Kier alpha value is -3.03. The van der Waals surface area contributed by atoms with E-state index in [4.69, 9.17) is 0 Å². The Morgan fingerprint density at radius 3 is 1.51 bits per heavy atom. The molecule has 3 heterocycles. The molecule has 0 radical (unpaired) electrons. The number of aromatic nitrogens is 4. The summed E-state index contributed by atoms with van der Waals surface area (Å²) in [6.07, 6.45) is 47.0. The molecule has 0 unspecified atom stereocenters. The number of hydrogen-bond acceptors (Lipinski definition) is 6. The second kappa shape index (κ2) is 31.7. The van der Waals surface area contributed by atoms with Gasteiger partial charge in [0, 0.05) is 25.5 Å². The summed E-state index contributed by atoms with van der Waals surface area (Å²) in [5, 5.41) is 14.1. The van der Waals surface area contributed by atoms with Crippen LogP contribution in [0.25, 0.3) is 11.0 Å². The number of imidazole rings is 1. The molecule has 8 heteroatoms. The molecule has 0 aliphatic carbocycles. The maximum Gasteiger partial charge on any atom is 0.310 e. The first-order valence-corrected chi connectivity index (χ1v) is 21.2. The smallest absolute Gasteiger partial charge is 0.310 e. The fourth-order valence-corrected chi connectivity index (χ4v) is 6.79. The third-order valence-corrected chi connectivity index (χ3v) is 10.0. The molecule has 0 bridgehead atoms. The Kier molecular flexibility index (Phi) is 27.4. The number of pyridine rings is 2. The topological polar surface area (TPSA) is 98.8 Å². The standard InChI is InChI=1S/C22H37N3.C21H37N3O2/c1-2-3-4-5-6-7-8-9-10-11-12-13-14-15-18-25-20-24-21-19-23-17-16-22(21)25;1-2-3-4-5-6-7-8-9-10-11-12-13-14-15-17-23-20-16-18-22-19-21(20)24(25)26/h16-17,19-20H,2-15,18H2,1H3;16,18-19H,2-15,17H2,1H3,(H,22,23). The van der Waals surface area contributed by atoms with Gasteiger partial charge in [0.15, 0.2) is 0 Å². The van der Waals surface area contributed by atoms with Crippen molar-refractivity contribution >= 4 is 22.4 Å². The van der Waals surface area contributed by atoms with Crippen molar-refractivity contribution in [3.05, 3.63) is 53.4 Å². The minimum absolute atomic E-state index is 0.0536. The molecule has 0 saturated carbocycles. The maximum atomic E-state index is 10.9. The number of nitro groups is 1. The second-order valence-electron chi connectivity index (χ2n) is 14.6. The van der Waals surface area contributed by atoms with Crippen LogP contribution < -0.4 is 5.32 Å². The predicted molar refractivity (Wildman–Crippen MR) is 218 cm³/mol. The van der Waals surface area contributed by atoms with Crippen LogP contribution in [-0.4, -0.2) is 31.0 Å². The largest absolute Gasteiger partial charge is 0.379 e. The minimum Gasteiger partial charge on any atom is -0.379 e. The van der Waals surface area contributed by atoms with E-state index in [1.165, 1.54) is 185 Å². The van der Waals surface area contributed by atoms with Gasteiger partial charge >= 0.3 is 5.69 Å². The Labute approximate surface area is 311 Å². The van der Waals surface area contributed by atoms with E-state index < -0.39 is 0 Å². The molecule has 3 rings (SSSR count). The Bertz CT molecular complexity index is 1230. The zero-order valence-electron chi connectivity index (χ0n) is 32.8. The van der Waals surface area contributed by atoms with Crippen LogP contribution in [0.1, 0.15) is 194 Å². The van der Waals surface area contributed by atoms with Crippen molar-refractivity contribution in [3.8, 4) is 0 Å². The summed E-state index contributed by atoms with van der Waals surface area (Å²) in [6, 6.07) is 3.73. The van der Waals surface area contributed by atoms with E-state index in [-0.39, 0.29) is 10.6 Å². The van der Waals surface area contributed by atoms with Crippen LogP contribution in [0.15, 0.2) is 43.2 Å². The van der Waals surface area contributed by atoms with Gasteiger partial charge in [-0.05, 0) is 25.0 Å². The molecular weight excluding hydrogens is 633 g/mol. The van der Waals surface area contributed by atoms with Gasteiger partial charge in [-0.1, -0.05) is 181 Å². The average molecular weight is 707 g/mol. The van der Waals surface area contributed by atoms with Crippen molar-refractivity contribution in [2.45, 2.75) is 200 Å². The van der Waals surface area contributed by atoms with Crippen LogP contribution >= 0.6 is 0 Å². The third kappa shape index (κ3) is 22.5. The van der Waals surface area contributed by atoms with Crippen molar-refractivity contribution in [3.63, 3.8) is 0 Å². The summed E-state index contributed by atoms with van der Waals surface area (Å²) in [6.45, 7) is 6.42. The molecule has 0 aliphatic heterocycles. The Morgan fingerprint density at radius 1 is 0.588 bits per heavy atom. The van der Waals surface area contributed by atoms with Crippen LogP contribution in [-0.2, 0) is 6.54 Å². The summed E-state index contributed by atoms with van der Waals surface area (Å²) < 4.78 is 2.26. The number of aryl methyl sites for hydroxylation is 1. The molecule has 3 aromatic rings. The van der Waals surface area contributed by atoms with Gasteiger partial charge in [-0.25, -0.2) is 4.98 Å². The summed E-state index contributed by atoms with van der Waals surface area (Å²) in [7, 11) is 0. The van der Waals surface area contributed by atoms with Crippen molar-refractivity contribution in [2.24, 2.45) is 0 Å². The lowest BCUT2D eigenvalue weighted by atomic mass is 10.0. The van der Waals surface area contributed by atoms with Gasteiger partial charge in [-0.2, -0.15) is 0 Å². The van der Waals surface area contributed by atoms with Crippen LogP contribution in [0.4, 0.5) is 11.4 Å². The lowest BCUT2D eigenvalue weighted by Crippen LogP contribution is -2.04. The quantitative estimate of drug-likeness (QED) is 0.0394. The number of nitrogens with zero attached hydrogens (tertiary/aromatic N) is 5. The van der Waals surface area contributed by atoms with Gasteiger partial charge in [0.25, 0.3) is 0 Å². The normalized spacial score (nSPS) is 11.1. The van der Waals surface area contributed by atoms with E-state index >= 15 is 0 Å². The molecule has 0 saturated heterocycles. The van der Waals surface area contributed by atoms with Crippen molar-refractivity contribution < 1.29 is 4.92 Å². The van der Waals surface area contributed by atoms with Gasteiger partial charge in [0.1, 0.15) is 17.4 Å². The molecule has 0 fully saturated rings. The van der Waals surface area contributed by atoms with E-state index in [1.807, 2.05) is 18.7 Å². The predicted octanol–water partition coefficient (Wildman–Crippen LogP) is 13.8. The summed E-state index contributed by atoms with van der Waals surface area (Å²) >= 11 is 0. The summed E-state index contributed by atoms with van der Waals surface area (Å²) in [5.74, 6) is 0. The van der Waals surface area contributed by atoms with E-state index in [1.54, 1.807) is 12.3 Å². The maximum absolute atomic E-state index is 10.9. The van der Waals surface area contributed by atoms with Gasteiger partial charge in [-0.15, -0.1) is 0 Å². The van der Waals surface area contributed by atoms with Crippen LogP contribution in [0, 0.1) is 10.1 Å². The lowest BCUT2D eigenvalue weighted by Gasteiger charge is -2.06. The van der Waals surface area contributed by atoms with Gasteiger partial charge in [0.05, 0.1) is 23.0 Å². The number of nitrogens with one attached hydrogen (secondary N) is 1. The molecular formula is C43H74N6O2.